The van der Waals surface area contributed by atoms with Crippen LogP contribution in [0.5, 0.6) is 0 Å². The molecule has 2 heterocycles. The minimum Gasteiger partial charge on any atom is -0.264 e. The third-order valence-corrected chi connectivity index (χ3v) is 7.93. The van der Waals surface area contributed by atoms with Gasteiger partial charge in [-0.25, -0.2) is 0 Å². The van der Waals surface area contributed by atoms with Crippen molar-refractivity contribution in [3.8, 4) is 11.1 Å². The highest BCUT2D eigenvalue weighted by atomic mass is 14.7. The van der Waals surface area contributed by atoms with E-state index in [2.05, 4.69) is 48.8 Å². The molecule has 1 aromatic carbocycles. The molecule has 0 saturated heterocycles. The van der Waals surface area contributed by atoms with Gasteiger partial charge in [0.15, 0.2) is 0 Å². The highest BCUT2D eigenvalue weighted by Gasteiger charge is 2.24. The predicted octanol–water partition coefficient (Wildman–Crippen LogP) is 8.35. The number of hydrogen-bond donors (Lipinski definition) is 0. The summed E-state index contributed by atoms with van der Waals surface area (Å²) >= 11 is 0. The summed E-state index contributed by atoms with van der Waals surface area (Å²) in [6.45, 7) is 6.45. The van der Waals surface area contributed by atoms with Gasteiger partial charge in [-0.05, 0) is 77.1 Å². The topological polar surface area (TPSA) is 25.8 Å². The van der Waals surface area contributed by atoms with Crippen molar-refractivity contribution in [2.75, 3.05) is 0 Å². The molecule has 2 heteroatoms. The molecule has 34 heavy (non-hydrogen) atoms. The van der Waals surface area contributed by atoms with Crippen LogP contribution >= 0.6 is 0 Å². The van der Waals surface area contributed by atoms with Gasteiger partial charge in [-0.15, -0.1) is 0 Å². The number of benzene rings is 1. The third kappa shape index (κ3) is 5.17. The maximum Gasteiger partial charge on any atom is 0.0488 e. The number of unbranched alkanes of at least 4 members (excludes halogenated alkanes) is 1. The number of hydrogen-bond acceptors (Lipinski definition) is 2. The maximum atomic E-state index is 5.25. The number of allylic oxidation sites excluding steroid dienone is 1. The van der Waals surface area contributed by atoms with E-state index in [0.29, 0.717) is 0 Å². The predicted molar refractivity (Wildman–Crippen MR) is 143 cm³/mol. The molecule has 3 aromatic rings. The largest absolute Gasteiger partial charge is 0.264 e. The van der Waals surface area contributed by atoms with E-state index >= 15 is 0 Å². The molecule has 176 valence electrons. The molecule has 2 aliphatic rings. The van der Waals surface area contributed by atoms with Crippen LogP contribution in [0, 0.1) is 5.92 Å². The molecule has 2 aliphatic carbocycles. The minimum atomic E-state index is 0.852. The van der Waals surface area contributed by atoms with Crippen LogP contribution in [0.15, 0.2) is 55.4 Å². The van der Waals surface area contributed by atoms with E-state index in [0.717, 1.165) is 31.6 Å². The maximum absolute atomic E-state index is 5.25. The molecule has 0 bridgehead atoms. The number of aryl methyl sites for hydroxylation is 1. The Hall–Kier alpha value is -2.74. The molecule has 0 aliphatic heterocycles. The quantitative estimate of drug-likeness (QED) is 0.239. The van der Waals surface area contributed by atoms with Crippen LogP contribution in [0.3, 0.4) is 0 Å². The Bertz CT molecular complexity index is 1140. The van der Waals surface area contributed by atoms with Gasteiger partial charge in [-0.2, -0.15) is 0 Å². The molecule has 2 aromatic heterocycles. The zero-order valence-electron chi connectivity index (χ0n) is 20.8. The van der Waals surface area contributed by atoms with E-state index in [4.69, 9.17) is 4.98 Å². The molecule has 1 saturated carbocycles. The second-order valence-corrected chi connectivity index (χ2v) is 10.4. The van der Waals surface area contributed by atoms with Gasteiger partial charge in [0.25, 0.3) is 0 Å². The molecule has 0 N–H and O–H groups in total. The van der Waals surface area contributed by atoms with Gasteiger partial charge in [0, 0.05) is 35.8 Å². The fourth-order valence-corrected chi connectivity index (χ4v) is 5.99. The van der Waals surface area contributed by atoms with Gasteiger partial charge in [-0.3, -0.25) is 9.97 Å². The summed E-state index contributed by atoms with van der Waals surface area (Å²) in [5, 5.41) is 0. The Balaban J connectivity index is 1.39. The van der Waals surface area contributed by atoms with Crippen LogP contribution in [0.2, 0.25) is 0 Å². The Labute approximate surface area is 205 Å². The van der Waals surface area contributed by atoms with Crippen molar-refractivity contribution in [2.24, 2.45) is 5.92 Å². The van der Waals surface area contributed by atoms with Crippen molar-refractivity contribution in [3.05, 3.63) is 89.0 Å². The monoisotopic (exact) mass is 450 g/mol. The van der Waals surface area contributed by atoms with E-state index < -0.39 is 0 Å². The van der Waals surface area contributed by atoms with E-state index in [1.54, 1.807) is 0 Å². The van der Waals surface area contributed by atoms with Crippen LogP contribution in [-0.2, 0) is 19.3 Å². The minimum absolute atomic E-state index is 0.852. The highest BCUT2D eigenvalue weighted by molar-refractivity contribution is 5.81. The van der Waals surface area contributed by atoms with Gasteiger partial charge in [0.1, 0.15) is 0 Å². The molecular weight excluding hydrogens is 412 g/mol. The summed E-state index contributed by atoms with van der Waals surface area (Å²) in [4.78, 5) is 9.56. The average molecular weight is 451 g/mol. The Kier molecular flexibility index (Phi) is 7.23. The molecule has 0 atom stereocenters. The van der Waals surface area contributed by atoms with Crippen LogP contribution in [0.25, 0.3) is 16.7 Å². The van der Waals surface area contributed by atoms with E-state index in [-0.39, 0.29) is 0 Å². The first-order valence-corrected chi connectivity index (χ1v) is 13.4. The zero-order valence-corrected chi connectivity index (χ0v) is 20.8. The van der Waals surface area contributed by atoms with E-state index in [1.807, 2.05) is 18.5 Å². The Morgan fingerprint density at radius 2 is 1.91 bits per heavy atom. The van der Waals surface area contributed by atoms with Crippen molar-refractivity contribution in [1.29, 1.82) is 0 Å². The normalized spacial score (nSPS) is 15.2. The molecule has 0 unspecified atom stereocenters. The standard InChI is InChI=1S/C32H38N2/c1-3-23(2)26-15-16-30-27(19-26)20-28-21-29(18-25-13-9-17-33-22-25)34-31(32(28)30)14-8-7-12-24-10-5-4-6-11-24/h9,13,15-17,19,21-22,24H,2-8,10-12,14,18,20H2,1H3. The van der Waals surface area contributed by atoms with Gasteiger partial charge in [0.05, 0.1) is 0 Å². The molecule has 0 spiro atoms. The van der Waals surface area contributed by atoms with E-state index in [1.165, 1.54) is 102 Å². The Morgan fingerprint density at radius 3 is 2.71 bits per heavy atom. The summed E-state index contributed by atoms with van der Waals surface area (Å²) in [7, 11) is 0. The van der Waals surface area contributed by atoms with Crippen LogP contribution in [0.4, 0.5) is 0 Å². The molecule has 2 nitrogen and oxygen atoms in total. The summed E-state index contributed by atoms with van der Waals surface area (Å²) < 4.78 is 0. The van der Waals surface area contributed by atoms with Crippen LogP contribution in [-0.4, -0.2) is 9.97 Å². The summed E-state index contributed by atoms with van der Waals surface area (Å²) in [6.07, 6.45) is 19.0. The second kappa shape index (κ2) is 10.7. The average Bonchev–Trinajstić information content (AvgIpc) is 3.25. The molecule has 0 amide bonds. The van der Waals surface area contributed by atoms with Crippen molar-refractivity contribution >= 4 is 5.57 Å². The molecule has 0 radical (unpaired) electrons. The first-order chi connectivity index (χ1) is 16.7. The molecule has 5 rings (SSSR count). The lowest BCUT2D eigenvalue weighted by Gasteiger charge is -2.21. The second-order valence-electron chi connectivity index (χ2n) is 10.4. The summed E-state index contributed by atoms with van der Waals surface area (Å²) in [6, 6.07) is 13.5. The van der Waals surface area contributed by atoms with E-state index in [9.17, 15) is 0 Å². The van der Waals surface area contributed by atoms with Crippen molar-refractivity contribution in [2.45, 2.75) is 84.0 Å². The lowest BCUT2D eigenvalue weighted by molar-refractivity contribution is 0.329. The first-order valence-electron chi connectivity index (χ1n) is 13.4. The third-order valence-electron chi connectivity index (χ3n) is 7.93. The number of rotatable bonds is 9. The number of nitrogens with zero attached hydrogens (tertiary/aromatic N) is 2. The van der Waals surface area contributed by atoms with Crippen molar-refractivity contribution in [1.82, 2.24) is 9.97 Å². The number of fused-ring (bicyclic) bond motifs is 3. The first kappa shape index (κ1) is 23.0. The van der Waals surface area contributed by atoms with Crippen LogP contribution < -0.4 is 0 Å². The summed E-state index contributed by atoms with van der Waals surface area (Å²) in [5.74, 6) is 0.968. The summed E-state index contributed by atoms with van der Waals surface area (Å²) in [5.41, 5.74) is 11.9. The fraction of sp³-hybridized carbons (Fsp3) is 0.438. The Morgan fingerprint density at radius 1 is 1.03 bits per heavy atom. The van der Waals surface area contributed by atoms with Crippen LogP contribution in [0.1, 0.15) is 98.4 Å². The van der Waals surface area contributed by atoms with Crippen molar-refractivity contribution in [3.63, 3.8) is 0 Å². The molecular formula is C32H38N2. The molecule has 1 fully saturated rings. The van der Waals surface area contributed by atoms with Gasteiger partial charge >= 0.3 is 0 Å². The van der Waals surface area contributed by atoms with Gasteiger partial charge in [-0.1, -0.05) is 82.7 Å². The lowest BCUT2D eigenvalue weighted by atomic mass is 9.85. The lowest BCUT2D eigenvalue weighted by Crippen LogP contribution is -2.06. The van der Waals surface area contributed by atoms with Gasteiger partial charge < -0.3 is 0 Å². The highest BCUT2D eigenvalue weighted by Crippen LogP contribution is 2.41. The van der Waals surface area contributed by atoms with Gasteiger partial charge in [0.2, 0.25) is 0 Å². The number of aromatic nitrogens is 2. The zero-order chi connectivity index (χ0) is 23.3. The van der Waals surface area contributed by atoms with Crippen molar-refractivity contribution < 1.29 is 0 Å². The number of pyridine rings is 2. The fourth-order valence-electron chi connectivity index (χ4n) is 5.99. The SMILES string of the molecule is C=C(CC)c1ccc2c(c1)Cc1cc(Cc3cccnc3)nc(CCCCC3CCCCC3)c1-2. The smallest absolute Gasteiger partial charge is 0.0488 e.